The summed E-state index contributed by atoms with van der Waals surface area (Å²) in [5, 5.41) is 6.90. The van der Waals surface area contributed by atoms with E-state index in [4.69, 9.17) is 0 Å². The number of carbonyl (C=O) groups is 1. The highest BCUT2D eigenvalue weighted by Crippen LogP contribution is 2.21. The molecular formula is C20H23FN6O2. The number of piperidine rings is 1. The number of hydrogen-bond donors (Lipinski definition) is 1. The summed E-state index contributed by atoms with van der Waals surface area (Å²) in [6, 6.07) is 5.90. The number of benzene rings is 1. The maximum Gasteiger partial charge on any atom is 0.352 e. The van der Waals surface area contributed by atoms with E-state index in [1.54, 1.807) is 19.2 Å². The van der Waals surface area contributed by atoms with Crippen LogP contribution in [0.4, 0.5) is 15.9 Å². The molecule has 1 amide bonds. The van der Waals surface area contributed by atoms with Gasteiger partial charge in [-0.15, -0.1) is 5.10 Å². The Hall–Kier alpha value is -3.23. The van der Waals surface area contributed by atoms with Crippen LogP contribution in [0.25, 0.3) is 5.78 Å². The van der Waals surface area contributed by atoms with Crippen LogP contribution in [0.5, 0.6) is 0 Å². The van der Waals surface area contributed by atoms with Gasteiger partial charge in [0, 0.05) is 25.0 Å². The lowest BCUT2D eigenvalue weighted by Crippen LogP contribution is -2.35. The van der Waals surface area contributed by atoms with Crippen molar-refractivity contribution < 1.29 is 9.18 Å². The average molecular weight is 398 g/mol. The van der Waals surface area contributed by atoms with Crippen molar-refractivity contribution in [3.05, 3.63) is 52.3 Å². The Morgan fingerprint density at radius 3 is 2.93 bits per heavy atom. The van der Waals surface area contributed by atoms with E-state index in [1.165, 1.54) is 29.0 Å². The van der Waals surface area contributed by atoms with E-state index in [0.29, 0.717) is 17.2 Å². The SMILES string of the molecule is Cc1cc(F)ccc1NC(=O)Cn1nc2nc(N3CCCC(C)C3)ccn2c1=O. The Kier molecular flexibility index (Phi) is 5.04. The Bertz CT molecular complexity index is 1120. The molecule has 0 bridgehead atoms. The number of aryl methyl sites for hydroxylation is 1. The first kappa shape index (κ1) is 19.1. The third kappa shape index (κ3) is 3.98. The minimum atomic E-state index is -0.433. The van der Waals surface area contributed by atoms with E-state index in [2.05, 4.69) is 27.2 Å². The van der Waals surface area contributed by atoms with Gasteiger partial charge in [0.2, 0.25) is 5.91 Å². The van der Waals surface area contributed by atoms with Crippen molar-refractivity contribution in [2.75, 3.05) is 23.3 Å². The fraction of sp³-hybridized carbons (Fsp3) is 0.400. The molecule has 4 rings (SSSR count). The van der Waals surface area contributed by atoms with E-state index in [0.717, 1.165) is 30.0 Å². The summed E-state index contributed by atoms with van der Waals surface area (Å²) in [7, 11) is 0. The molecule has 152 valence electrons. The molecule has 1 unspecified atom stereocenters. The van der Waals surface area contributed by atoms with Gasteiger partial charge in [0.25, 0.3) is 5.78 Å². The maximum atomic E-state index is 13.2. The second kappa shape index (κ2) is 7.65. The number of nitrogens with zero attached hydrogens (tertiary/aromatic N) is 5. The number of fused-ring (bicyclic) bond motifs is 1. The highest BCUT2D eigenvalue weighted by Gasteiger charge is 2.19. The van der Waals surface area contributed by atoms with Crippen molar-refractivity contribution in [3.8, 4) is 0 Å². The minimum absolute atomic E-state index is 0.255. The molecule has 1 saturated heterocycles. The molecule has 1 atom stereocenters. The number of halogens is 1. The summed E-state index contributed by atoms with van der Waals surface area (Å²) in [6.07, 6.45) is 3.96. The number of hydrogen-bond acceptors (Lipinski definition) is 5. The molecule has 29 heavy (non-hydrogen) atoms. The van der Waals surface area contributed by atoms with Crippen LogP contribution < -0.4 is 15.9 Å². The minimum Gasteiger partial charge on any atom is -0.356 e. The molecule has 0 saturated carbocycles. The summed E-state index contributed by atoms with van der Waals surface area (Å²) in [6.45, 7) is 5.51. The molecular weight excluding hydrogens is 375 g/mol. The van der Waals surface area contributed by atoms with Crippen LogP contribution >= 0.6 is 0 Å². The Morgan fingerprint density at radius 1 is 1.34 bits per heavy atom. The largest absolute Gasteiger partial charge is 0.356 e. The van der Waals surface area contributed by atoms with Crippen LogP contribution in [-0.2, 0) is 11.3 Å². The monoisotopic (exact) mass is 398 g/mol. The molecule has 1 fully saturated rings. The zero-order valence-corrected chi connectivity index (χ0v) is 16.4. The standard InChI is InChI=1S/C20H23FN6O2/c1-13-4-3-8-25(11-13)17-7-9-26-19(23-17)24-27(20(26)29)12-18(28)22-16-6-5-15(21)10-14(16)2/h5-7,9-10,13H,3-4,8,11-12H2,1-2H3,(H,22,28). The third-order valence-corrected chi connectivity index (χ3v) is 5.18. The molecule has 0 radical (unpaired) electrons. The predicted octanol–water partition coefficient (Wildman–Crippen LogP) is 2.21. The highest BCUT2D eigenvalue weighted by atomic mass is 19.1. The van der Waals surface area contributed by atoms with Crippen molar-refractivity contribution in [1.82, 2.24) is 19.2 Å². The van der Waals surface area contributed by atoms with Gasteiger partial charge in [0.15, 0.2) is 0 Å². The molecule has 8 nitrogen and oxygen atoms in total. The Labute approximate surface area is 167 Å². The van der Waals surface area contributed by atoms with Gasteiger partial charge in [-0.3, -0.25) is 4.79 Å². The smallest absolute Gasteiger partial charge is 0.352 e. The van der Waals surface area contributed by atoms with Gasteiger partial charge in [-0.2, -0.15) is 4.98 Å². The molecule has 1 aromatic carbocycles. The topological polar surface area (TPSA) is 84.5 Å². The number of nitrogens with one attached hydrogen (secondary N) is 1. The number of aromatic nitrogens is 4. The first-order chi connectivity index (χ1) is 13.9. The van der Waals surface area contributed by atoms with Crippen LogP contribution in [0.3, 0.4) is 0 Å². The molecule has 1 N–H and O–H groups in total. The summed E-state index contributed by atoms with van der Waals surface area (Å²) < 4.78 is 15.6. The molecule has 3 aromatic rings. The number of amides is 1. The van der Waals surface area contributed by atoms with Gasteiger partial charge in [-0.05, 0) is 55.5 Å². The fourth-order valence-electron chi connectivity index (χ4n) is 3.67. The number of carbonyl (C=O) groups excluding carboxylic acids is 1. The first-order valence-electron chi connectivity index (χ1n) is 9.68. The summed E-state index contributed by atoms with van der Waals surface area (Å²) in [5.74, 6) is 0.849. The molecule has 0 spiro atoms. The van der Waals surface area contributed by atoms with Gasteiger partial charge >= 0.3 is 5.69 Å². The second-order valence-electron chi connectivity index (χ2n) is 7.60. The number of anilines is 2. The Morgan fingerprint density at radius 2 is 2.17 bits per heavy atom. The van der Waals surface area contributed by atoms with E-state index in [1.807, 2.05) is 0 Å². The van der Waals surface area contributed by atoms with Crippen LogP contribution in [0.2, 0.25) is 0 Å². The van der Waals surface area contributed by atoms with Crippen molar-refractivity contribution in [1.29, 1.82) is 0 Å². The lowest BCUT2D eigenvalue weighted by atomic mass is 10.0. The summed E-state index contributed by atoms with van der Waals surface area (Å²) in [4.78, 5) is 31.6. The van der Waals surface area contributed by atoms with Crippen molar-refractivity contribution >= 4 is 23.2 Å². The van der Waals surface area contributed by atoms with Crippen LogP contribution in [0.15, 0.2) is 35.3 Å². The van der Waals surface area contributed by atoms with E-state index >= 15 is 0 Å². The van der Waals surface area contributed by atoms with E-state index < -0.39 is 11.6 Å². The molecule has 0 aliphatic carbocycles. The van der Waals surface area contributed by atoms with Crippen LogP contribution in [0.1, 0.15) is 25.3 Å². The first-order valence-corrected chi connectivity index (χ1v) is 9.68. The molecule has 9 heteroatoms. The van der Waals surface area contributed by atoms with Gasteiger partial charge in [0.05, 0.1) is 0 Å². The van der Waals surface area contributed by atoms with Gasteiger partial charge < -0.3 is 10.2 Å². The van der Waals surface area contributed by atoms with Crippen molar-refractivity contribution in [2.45, 2.75) is 33.2 Å². The lowest BCUT2D eigenvalue weighted by molar-refractivity contribution is -0.117. The quantitative estimate of drug-likeness (QED) is 0.728. The summed E-state index contributed by atoms with van der Waals surface area (Å²) >= 11 is 0. The Balaban J connectivity index is 1.53. The summed E-state index contributed by atoms with van der Waals surface area (Å²) in [5.41, 5.74) is 0.660. The molecule has 1 aliphatic heterocycles. The zero-order chi connectivity index (χ0) is 20.5. The van der Waals surface area contributed by atoms with Crippen molar-refractivity contribution in [3.63, 3.8) is 0 Å². The lowest BCUT2D eigenvalue weighted by Gasteiger charge is -2.31. The highest BCUT2D eigenvalue weighted by molar-refractivity contribution is 5.91. The van der Waals surface area contributed by atoms with Crippen molar-refractivity contribution in [2.24, 2.45) is 5.92 Å². The van der Waals surface area contributed by atoms with Crippen LogP contribution in [-0.4, -0.2) is 38.2 Å². The average Bonchev–Trinajstić information content (AvgIpc) is 2.99. The van der Waals surface area contributed by atoms with E-state index in [9.17, 15) is 14.0 Å². The maximum absolute atomic E-state index is 13.2. The predicted molar refractivity (Wildman–Crippen MR) is 108 cm³/mol. The van der Waals surface area contributed by atoms with Crippen LogP contribution in [0, 0.1) is 18.7 Å². The molecule has 1 aliphatic rings. The fourth-order valence-corrected chi connectivity index (χ4v) is 3.67. The van der Waals surface area contributed by atoms with Gasteiger partial charge in [-0.1, -0.05) is 6.92 Å². The van der Waals surface area contributed by atoms with E-state index in [-0.39, 0.29) is 18.1 Å². The normalized spacial score (nSPS) is 16.9. The molecule has 3 heterocycles. The zero-order valence-electron chi connectivity index (χ0n) is 16.4. The second-order valence-corrected chi connectivity index (χ2v) is 7.60. The molecule has 2 aromatic heterocycles. The third-order valence-electron chi connectivity index (χ3n) is 5.18. The van der Waals surface area contributed by atoms with Gasteiger partial charge in [-0.25, -0.2) is 18.3 Å². The van der Waals surface area contributed by atoms with Gasteiger partial charge in [0.1, 0.15) is 18.2 Å². The number of rotatable bonds is 4.